The van der Waals surface area contributed by atoms with E-state index in [1.54, 1.807) is 23.1 Å². The van der Waals surface area contributed by atoms with E-state index in [9.17, 15) is 4.79 Å². The van der Waals surface area contributed by atoms with Gasteiger partial charge in [0.05, 0.1) is 10.6 Å². The molecular weight excluding hydrogens is 376 g/mol. The fourth-order valence-corrected chi connectivity index (χ4v) is 6.35. The Morgan fingerprint density at radius 1 is 1.15 bits per heavy atom. The summed E-state index contributed by atoms with van der Waals surface area (Å²) in [6.07, 6.45) is 9.97. The van der Waals surface area contributed by atoms with E-state index in [0.29, 0.717) is 23.7 Å². The number of amides is 1. The molecule has 2 aliphatic carbocycles. The Labute approximate surface area is 168 Å². The predicted octanol–water partition coefficient (Wildman–Crippen LogP) is 4.61. The molecule has 5 nitrogen and oxygen atoms in total. The number of nitrogens with zero attached hydrogens (tertiary/aromatic N) is 4. The first kappa shape index (κ1) is 17.7. The maximum atomic E-state index is 13.0. The highest BCUT2D eigenvalue weighted by Crippen LogP contribution is 2.42. The lowest BCUT2D eigenvalue weighted by molar-refractivity contribution is -0.134. The van der Waals surface area contributed by atoms with Crippen molar-refractivity contribution in [1.82, 2.24) is 19.7 Å². The summed E-state index contributed by atoms with van der Waals surface area (Å²) < 4.78 is 2.27. The predicted molar refractivity (Wildman–Crippen MR) is 109 cm³/mol. The first-order valence-electron chi connectivity index (χ1n) is 10.2. The number of hydrogen-bond donors (Lipinski definition) is 0. The monoisotopic (exact) mass is 402 g/mol. The molecule has 0 aromatic carbocycles. The maximum absolute atomic E-state index is 13.0. The Morgan fingerprint density at radius 3 is 2.81 bits per heavy atom. The van der Waals surface area contributed by atoms with Crippen LogP contribution < -0.4 is 0 Å². The minimum Gasteiger partial charge on any atom is -0.339 e. The van der Waals surface area contributed by atoms with Crippen LogP contribution in [0.25, 0.3) is 10.7 Å². The maximum Gasteiger partial charge on any atom is 0.233 e. The van der Waals surface area contributed by atoms with Gasteiger partial charge in [0.15, 0.2) is 11.0 Å². The molecule has 1 saturated heterocycles. The fraction of sp³-hybridized carbons (Fsp3) is 0.650. The molecule has 2 unspecified atom stereocenters. The van der Waals surface area contributed by atoms with Gasteiger partial charge in [-0.15, -0.1) is 21.5 Å². The number of piperidine rings is 1. The number of hydrogen-bond acceptors (Lipinski definition) is 5. The second-order valence-electron chi connectivity index (χ2n) is 8.01. The highest BCUT2D eigenvalue weighted by molar-refractivity contribution is 7.99. The average Bonchev–Trinajstić information content (AvgIpc) is 3.23. The number of thioether (sulfide) groups is 1. The quantitative estimate of drug-likeness (QED) is 0.685. The van der Waals surface area contributed by atoms with Crippen LogP contribution in [0.5, 0.6) is 0 Å². The molecule has 2 aromatic rings. The molecule has 144 valence electrons. The molecule has 2 saturated carbocycles. The van der Waals surface area contributed by atoms with Crippen molar-refractivity contribution in [3.05, 3.63) is 17.5 Å². The fourth-order valence-electron chi connectivity index (χ4n) is 4.75. The molecule has 3 heterocycles. The largest absolute Gasteiger partial charge is 0.339 e. The van der Waals surface area contributed by atoms with Crippen molar-refractivity contribution in [1.29, 1.82) is 0 Å². The Morgan fingerprint density at radius 2 is 2.00 bits per heavy atom. The summed E-state index contributed by atoms with van der Waals surface area (Å²) in [4.78, 5) is 16.4. The zero-order valence-electron chi connectivity index (χ0n) is 15.5. The molecule has 1 aliphatic heterocycles. The molecule has 5 rings (SSSR count). The van der Waals surface area contributed by atoms with Gasteiger partial charge in [-0.3, -0.25) is 9.36 Å². The Balaban J connectivity index is 1.29. The Bertz CT molecular complexity index is 797. The molecule has 0 radical (unpaired) electrons. The number of carbonyl (C=O) groups excluding carboxylic acids is 1. The van der Waals surface area contributed by atoms with Crippen molar-refractivity contribution in [3.63, 3.8) is 0 Å². The molecule has 7 heteroatoms. The van der Waals surface area contributed by atoms with Crippen LogP contribution >= 0.6 is 23.1 Å². The van der Waals surface area contributed by atoms with Gasteiger partial charge in [0.1, 0.15) is 0 Å². The summed E-state index contributed by atoms with van der Waals surface area (Å²) in [7, 11) is 0. The van der Waals surface area contributed by atoms with Crippen LogP contribution in [-0.2, 0) is 4.79 Å². The van der Waals surface area contributed by atoms with E-state index in [-0.39, 0.29) is 0 Å². The van der Waals surface area contributed by atoms with Crippen molar-refractivity contribution in [2.24, 2.45) is 5.92 Å². The van der Waals surface area contributed by atoms with Crippen LogP contribution in [0.1, 0.15) is 57.4 Å². The van der Waals surface area contributed by atoms with Gasteiger partial charge in [-0.05, 0) is 55.9 Å². The topological polar surface area (TPSA) is 51.0 Å². The lowest BCUT2D eigenvalue weighted by Crippen LogP contribution is -2.50. The highest BCUT2D eigenvalue weighted by Gasteiger charge is 2.36. The van der Waals surface area contributed by atoms with E-state index in [0.717, 1.165) is 28.3 Å². The molecule has 1 amide bonds. The van der Waals surface area contributed by atoms with E-state index >= 15 is 0 Å². The van der Waals surface area contributed by atoms with Gasteiger partial charge in [-0.25, -0.2) is 0 Å². The molecule has 27 heavy (non-hydrogen) atoms. The van der Waals surface area contributed by atoms with Gasteiger partial charge < -0.3 is 4.90 Å². The summed E-state index contributed by atoms with van der Waals surface area (Å²) >= 11 is 3.28. The van der Waals surface area contributed by atoms with Crippen LogP contribution in [0.2, 0.25) is 0 Å². The standard InChI is InChI=1S/C20H26N4OS2/c25-18(23-11-3-6-14-5-1-2-7-16(14)23)13-27-20-22-21-19(17-8-4-12-26-17)24(20)15-9-10-15/h4,8,12,14-16H,1-3,5-7,9-11,13H2. The van der Waals surface area contributed by atoms with Gasteiger partial charge in [0, 0.05) is 18.6 Å². The zero-order chi connectivity index (χ0) is 18.2. The number of fused-ring (bicyclic) bond motifs is 1. The minimum absolute atomic E-state index is 0.291. The lowest BCUT2D eigenvalue weighted by Gasteiger charge is -2.44. The first-order valence-corrected chi connectivity index (χ1v) is 12.1. The number of likely N-dealkylation sites (tertiary alicyclic amines) is 1. The van der Waals surface area contributed by atoms with Crippen molar-refractivity contribution in [3.8, 4) is 10.7 Å². The third-order valence-electron chi connectivity index (χ3n) is 6.21. The normalized spacial score (nSPS) is 25.4. The molecule has 0 spiro atoms. The number of thiophene rings is 1. The number of carbonyl (C=O) groups is 1. The number of aromatic nitrogens is 3. The second kappa shape index (κ2) is 7.59. The van der Waals surface area contributed by atoms with Crippen molar-refractivity contribution in [2.45, 2.75) is 68.6 Å². The second-order valence-corrected chi connectivity index (χ2v) is 9.90. The third-order valence-corrected chi connectivity index (χ3v) is 8.00. The van der Waals surface area contributed by atoms with E-state index in [1.807, 2.05) is 0 Å². The van der Waals surface area contributed by atoms with Crippen molar-refractivity contribution < 1.29 is 4.79 Å². The molecule has 0 N–H and O–H groups in total. The van der Waals surface area contributed by atoms with Crippen LogP contribution in [0.15, 0.2) is 22.7 Å². The average molecular weight is 403 g/mol. The van der Waals surface area contributed by atoms with Crippen molar-refractivity contribution in [2.75, 3.05) is 12.3 Å². The zero-order valence-corrected chi connectivity index (χ0v) is 17.2. The van der Waals surface area contributed by atoms with Gasteiger partial charge in [0.25, 0.3) is 0 Å². The van der Waals surface area contributed by atoms with E-state index in [1.165, 1.54) is 51.4 Å². The smallest absolute Gasteiger partial charge is 0.233 e. The molecular formula is C20H26N4OS2. The molecule has 2 atom stereocenters. The van der Waals surface area contributed by atoms with E-state index in [2.05, 4.69) is 37.2 Å². The van der Waals surface area contributed by atoms with Gasteiger partial charge >= 0.3 is 0 Å². The molecule has 3 fully saturated rings. The van der Waals surface area contributed by atoms with Gasteiger partial charge in [-0.1, -0.05) is 30.7 Å². The van der Waals surface area contributed by atoms with Gasteiger partial charge in [0.2, 0.25) is 5.91 Å². The third kappa shape index (κ3) is 3.56. The van der Waals surface area contributed by atoms with Crippen LogP contribution in [0.4, 0.5) is 0 Å². The van der Waals surface area contributed by atoms with Crippen LogP contribution in [0.3, 0.4) is 0 Å². The lowest BCUT2D eigenvalue weighted by atomic mass is 9.78. The van der Waals surface area contributed by atoms with E-state index < -0.39 is 0 Å². The first-order chi connectivity index (χ1) is 13.3. The summed E-state index contributed by atoms with van der Waals surface area (Å²) in [5.74, 6) is 2.48. The molecule has 3 aliphatic rings. The van der Waals surface area contributed by atoms with Crippen molar-refractivity contribution >= 4 is 29.0 Å². The van der Waals surface area contributed by atoms with Gasteiger partial charge in [-0.2, -0.15) is 0 Å². The molecule has 0 bridgehead atoms. The van der Waals surface area contributed by atoms with E-state index in [4.69, 9.17) is 0 Å². The number of rotatable bonds is 5. The van der Waals surface area contributed by atoms with Crippen LogP contribution in [0, 0.1) is 5.92 Å². The summed E-state index contributed by atoms with van der Waals surface area (Å²) in [5.41, 5.74) is 0. The highest BCUT2D eigenvalue weighted by atomic mass is 32.2. The summed E-state index contributed by atoms with van der Waals surface area (Å²) in [6, 6.07) is 5.15. The Hall–Kier alpha value is -1.34. The summed E-state index contributed by atoms with van der Waals surface area (Å²) in [6.45, 7) is 0.941. The molecule has 2 aromatic heterocycles. The minimum atomic E-state index is 0.291. The Kier molecular flexibility index (Phi) is 4.98. The summed E-state index contributed by atoms with van der Waals surface area (Å²) in [5, 5.41) is 11.9. The SMILES string of the molecule is O=C(CSc1nnc(-c2cccs2)n1C1CC1)N1CCCC2CCCCC21. The van der Waals surface area contributed by atoms with Crippen LogP contribution in [-0.4, -0.2) is 43.9 Å².